The number of amides is 5. The molecule has 1 heterocycles. The second-order valence-electron chi connectivity index (χ2n) is 4.64. The summed E-state index contributed by atoms with van der Waals surface area (Å²) in [7, 11) is 6.16. The normalized spacial score (nSPS) is 18.3. The second kappa shape index (κ2) is 6.77. The van der Waals surface area contributed by atoms with Crippen LogP contribution < -0.4 is 21.7 Å². The first-order valence-electron chi connectivity index (χ1n) is 5.24. The maximum Gasteiger partial charge on any atom is 0.323 e. The number of nitrogens with two attached hydrogens (primary N) is 1. The average Bonchev–Trinajstić information content (AvgIpc) is 2.42. The summed E-state index contributed by atoms with van der Waals surface area (Å²) in [5.41, 5.74) is 4.70. The summed E-state index contributed by atoms with van der Waals surface area (Å²) in [4.78, 5) is 31.3. The third-order valence-electron chi connectivity index (χ3n) is 1.83. The van der Waals surface area contributed by atoms with Gasteiger partial charge in [-0.15, -0.1) is 0 Å². The number of aliphatic hydroxyl groups excluding tert-OH is 1. The van der Waals surface area contributed by atoms with Gasteiger partial charge in [0.25, 0.3) is 5.91 Å². The van der Waals surface area contributed by atoms with Crippen LogP contribution in [0.25, 0.3) is 0 Å². The summed E-state index contributed by atoms with van der Waals surface area (Å²) in [5.74, 6) is -0.617. The van der Waals surface area contributed by atoms with Crippen LogP contribution in [-0.2, 0) is 4.79 Å². The van der Waals surface area contributed by atoms with Crippen molar-refractivity contribution in [2.24, 2.45) is 5.73 Å². The van der Waals surface area contributed by atoms with E-state index in [-0.39, 0.29) is 6.61 Å². The maximum absolute atomic E-state index is 10.7. The first kappa shape index (κ1) is 16.1. The van der Waals surface area contributed by atoms with Crippen molar-refractivity contribution in [3.8, 4) is 0 Å². The van der Waals surface area contributed by atoms with Crippen molar-refractivity contribution in [2.75, 3.05) is 34.3 Å². The molecule has 1 rings (SSSR count). The molecule has 5 amide bonds. The molecular formula is C9H20N5O4+. The van der Waals surface area contributed by atoms with Crippen LogP contribution in [0.2, 0.25) is 0 Å². The van der Waals surface area contributed by atoms with Crippen LogP contribution in [0, 0.1) is 0 Å². The number of urea groups is 2. The fourth-order valence-corrected chi connectivity index (χ4v) is 0.961. The standard InChI is InChI=1S/C5H14NO.C4H6N4O3/c1-6(2,3)4-5-7;5-3(10)6-1-2(9)8-4(11)7-1/h7H,4-5H2,1-3H3;1H,(H3,5,6,10)(H2,7,8,9,11)/q+1;. The molecule has 18 heavy (non-hydrogen) atoms. The lowest BCUT2D eigenvalue weighted by Crippen LogP contribution is -2.48. The third kappa shape index (κ3) is 7.41. The number of hydrogen-bond donors (Lipinski definition) is 5. The van der Waals surface area contributed by atoms with Gasteiger partial charge in [-0.05, 0) is 0 Å². The van der Waals surface area contributed by atoms with E-state index in [0.29, 0.717) is 0 Å². The second-order valence-corrected chi connectivity index (χ2v) is 4.64. The molecule has 9 heteroatoms. The largest absolute Gasteiger partial charge is 0.391 e. The van der Waals surface area contributed by atoms with Crippen molar-refractivity contribution in [3.63, 3.8) is 0 Å². The molecular weight excluding hydrogens is 242 g/mol. The number of aliphatic hydroxyl groups is 1. The molecule has 0 aromatic carbocycles. The zero-order valence-electron chi connectivity index (χ0n) is 10.7. The number of carbonyl (C=O) groups excluding carboxylic acids is 3. The number of likely N-dealkylation sites (N-methyl/N-ethyl adjacent to an activating group) is 1. The maximum atomic E-state index is 10.7. The van der Waals surface area contributed by atoms with Gasteiger partial charge in [0, 0.05) is 0 Å². The number of nitrogens with one attached hydrogen (secondary N) is 3. The Kier molecular flexibility index (Phi) is 6.06. The van der Waals surface area contributed by atoms with E-state index in [1.807, 2.05) is 10.6 Å². The lowest BCUT2D eigenvalue weighted by Gasteiger charge is -2.21. The van der Waals surface area contributed by atoms with Crippen LogP contribution in [0.3, 0.4) is 0 Å². The van der Waals surface area contributed by atoms with E-state index in [1.54, 1.807) is 0 Å². The number of imide groups is 1. The molecule has 0 aromatic heterocycles. The predicted octanol–water partition coefficient (Wildman–Crippen LogP) is -2.49. The van der Waals surface area contributed by atoms with Crippen LogP contribution in [0.4, 0.5) is 9.59 Å². The number of rotatable bonds is 3. The topological polar surface area (TPSA) is 134 Å². The third-order valence-corrected chi connectivity index (χ3v) is 1.83. The molecule has 1 atom stereocenters. The molecule has 1 fully saturated rings. The Morgan fingerprint density at radius 3 is 2.22 bits per heavy atom. The van der Waals surface area contributed by atoms with Crippen molar-refractivity contribution in [1.29, 1.82) is 0 Å². The Morgan fingerprint density at radius 2 is 2.00 bits per heavy atom. The number of nitrogens with zero attached hydrogens (tertiary/aromatic N) is 1. The lowest BCUT2D eigenvalue weighted by atomic mass is 10.5. The molecule has 1 aliphatic rings. The zero-order valence-corrected chi connectivity index (χ0v) is 10.7. The smallest absolute Gasteiger partial charge is 0.323 e. The molecule has 0 radical (unpaired) electrons. The van der Waals surface area contributed by atoms with Gasteiger partial charge in [0.15, 0.2) is 6.17 Å². The van der Waals surface area contributed by atoms with Gasteiger partial charge in [0.2, 0.25) is 0 Å². The highest BCUT2D eigenvalue weighted by molar-refractivity contribution is 6.05. The highest BCUT2D eigenvalue weighted by atomic mass is 16.3. The quantitative estimate of drug-likeness (QED) is 0.284. The summed E-state index contributed by atoms with van der Waals surface area (Å²) in [5, 5.41) is 14.4. The van der Waals surface area contributed by atoms with Gasteiger partial charge in [-0.1, -0.05) is 0 Å². The highest BCUT2D eigenvalue weighted by Crippen LogP contribution is 1.87. The van der Waals surface area contributed by atoms with Crippen LogP contribution in [0.15, 0.2) is 0 Å². The lowest BCUT2D eigenvalue weighted by molar-refractivity contribution is -0.870. The fraction of sp³-hybridized carbons (Fsp3) is 0.667. The Hall–Kier alpha value is -1.87. The minimum atomic E-state index is -1.04. The molecule has 9 nitrogen and oxygen atoms in total. The molecule has 1 saturated heterocycles. The molecule has 0 saturated carbocycles. The minimum absolute atomic E-state index is 0.281. The summed E-state index contributed by atoms with van der Waals surface area (Å²) < 4.78 is 0.844. The van der Waals surface area contributed by atoms with Crippen LogP contribution >= 0.6 is 0 Å². The minimum Gasteiger partial charge on any atom is -0.391 e. The van der Waals surface area contributed by atoms with E-state index in [4.69, 9.17) is 10.8 Å². The number of carbonyl (C=O) groups is 3. The average molecular weight is 262 g/mol. The van der Waals surface area contributed by atoms with Crippen molar-refractivity contribution in [2.45, 2.75) is 6.17 Å². The van der Waals surface area contributed by atoms with Gasteiger partial charge in [0.05, 0.1) is 27.7 Å². The van der Waals surface area contributed by atoms with Crippen molar-refractivity contribution < 1.29 is 24.0 Å². The Bertz CT molecular complexity index is 325. The first-order valence-corrected chi connectivity index (χ1v) is 5.24. The van der Waals surface area contributed by atoms with Crippen molar-refractivity contribution in [1.82, 2.24) is 16.0 Å². The summed E-state index contributed by atoms with van der Waals surface area (Å²) in [6, 6.07) is -1.51. The molecule has 1 aliphatic heterocycles. The molecule has 104 valence electrons. The van der Waals surface area contributed by atoms with Gasteiger partial charge < -0.3 is 26.0 Å². The van der Waals surface area contributed by atoms with Crippen LogP contribution in [-0.4, -0.2) is 68.0 Å². The van der Waals surface area contributed by atoms with Crippen LogP contribution in [0.1, 0.15) is 0 Å². The number of primary amides is 1. The van der Waals surface area contributed by atoms with E-state index in [9.17, 15) is 14.4 Å². The molecule has 0 aliphatic carbocycles. The molecule has 1 unspecified atom stereocenters. The Morgan fingerprint density at radius 1 is 1.44 bits per heavy atom. The van der Waals surface area contributed by atoms with E-state index in [1.165, 1.54) is 0 Å². The van der Waals surface area contributed by atoms with Gasteiger partial charge in [-0.25, -0.2) is 9.59 Å². The zero-order chi connectivity index (χ0) is 14.3. The van der Waals surface area contributed by atoms with E-state index in [0.717, 1.165) is 11.0 Å². The first-order chi connectivity index (χ1) is 8.15. The van der Waals surface area contributed by atoms with Gasteiger partial charge in [-0.2, -0.15) is 0 Å². The van der Waals surface area contributed by atoms with Crippen molar-refractivity contribution >= 4 is 18.0 Å². The predicted molar refractivity (Wildman–Crippen MR) is 63.2 cm³/mol. The molecule has 0 spiro atoms. The number of hydrogen-bond acceptors (Lipinski definition) is 4. The molecule has 0 bridgehead atoms. The summed E-state index contributed by atoms with van der Waals surface area (Å²) in [6.07, 6.45) is -1.04. The fourth-order valence-electron chi connectivity index (χ4n) is 0.961. The van der Waals surface area contributed by atoms with E-state index >= 15 is 0 Å². The SMILES string of the molecule is C[N+](C)(C)CCO.NC(=O)NC1NC(=O)NC1=O. The van der Waals surface area contributed by atoms with Crippen molar-refractivity contribution in [3.05, 3.63) is 0 Å². The molecule has 0 aromatic rings. The van der Waals surface area contributed by atoms with E-state index in [2.05, 4.69) is 26.5 Å². The summed E-state index contributed by atoms with van der Waals surface area (Å²) in [6.45, 7) is 1.11. The Balaban J connectivity index is 0.000000360. The monoisotopic (exact) mass is 262 g/mol. The van der Waals surface area contributed by atoms with Crippen LogP contribution in [0.5, 0.6) is 0 Å². The van der Waals surface area contributed by atoms with E-state index < -0.39 is 24.1 Å². The molecule has 6 N–H and O–H groups in total. The van der Waals surface area contributed by atoms with Gasteiger partial charge in [-0.3, -0.25) is 10.1 Å². The highest BCUT2D eigenvalue weighted by Gasteiger charge is 2.29. The van der Waals surface area contributed by atoms with Gasteiger partial charge >= 0.3 is 12.1 Å². The summed E-state index contributed by atoms with van der Waals surface area (Å²) >= 11 is 0. The Labute approximate surface area is 105 Å². The van der Waals surface area contributed by atoms with Gasteiger partial charge in [0.1, 0.15) is 6.54 Å². The number of quaternary nitrogens is 1.